The Morgan fingerprint density at radius 1 is 1.43 bits per heavy atom. The Kier molecular flexibility index (Phi) is 5.56. The Bertz CT molecular complexity index is 504. The Balaban J connectivity index is 1.90. The molecule has 2 heterocycles. The van der Waals surface area contributed by atoms with Crippen LogP contribution in [0.15, 0.2) is 18.5 Å². The van der Waals surface area contributed by atoms with Crippen LogP contribution in [0.3, 0.4) is 0 Å². The molecule has 0 N–H and O–H groups in total. The SMILES string of the molecule is CCCCn1cc(C2=CCN(CC(=O)N(C)C)CC2)cn1. The van der Waals surface area contributed by atoms with E-state index in [-0.39, 0.29) is 5.91 Å². The van der Waals surface area contributed by atoms with Gasteiger partial charge >= 0.3 is 0 Å². The zero-order valence-corrected chi connectivity index (χ0v) is 13.4. The lowest BCUT2D eigenvalue weighted by Crippen LogP contribution is -2.38. The molecule has 0 aromatic carbocycles. The average molecular weight is 290 g/mol. The number of unbranched alkanes of at least 4 members (excludes halogenated alkanes) is 1. The molecule has 0 unspecified atom stereocenters. The Morgan fingerprint density at radius 2 is 2.24 bits per heavy atom. The standard InChI is InChI=1S/C16H26N4O/c1-4-5-8-20-12-15(11-17-20)14-6-9-19(10-7-14)13-16(21)18(2)3/h6,11-12H,4-5,7-10,13H2,1-3H3. The van der Waals surface area contributed by atoms with Crippen LogP contribution in [-0.2, 0) is 11.3 Å². The lowest BCUT2D eigenvalue weighted by Gasteiger charge is -2.26. The molecule has 0 saturated heterocycles. The minimum atomic E-state index is 0.166. The van der Waals surface area contributed by atoms with E-state index in [0.717, 1.165) is 26.1 Å². The fraction of sp³-hybridized carbons (Fsp3) is 0.625. The molecule has 116 valence electrons. The number of carbonyl (C=O) groups excluding carboxylic acids is 1. The topological polar surface area (TPSA) is 41.4 Å². The van der Waals surface area contributed by atoms with Crippen molar-refractivity contribution in [2.75, 3.05) is 33.7 Å². The van der Waals surface area contributed by atoms with Crippen LogP contribution in [0, 0.1) is 0 Å². The van der Waals surface area contributed by atoms with Gasteiger partial charge in [0.2, 0.25) is 5.91 Å². The second kappa shape index (κ2) is 7.41. The molecule has 1 amide bonds. The molecule has 0 aliphatic carbocycles. The summed E-state index contributed by atoms with van der Waals surface area (Å²) < 4.78 is 2.03. The predicted octanol–water partition coefficient (Wildman–Crippen LogP) is 1.86. The number of nitrogens with zero attached hydrogens (tertiary/aromatic N) is 4. The molecule has 21 heavy (non-hydrogen) atoms. The van der Waals surface area contributed by atoms with Crippen LogP contribution in [0.1, 0.15) is 31.7 Å². The molecule has 0 fully saturated rings. The van der Waals surface area contributed by atoms with Gasteiger partial charge in [-0.3, -0.25) is 14.4 Å². The average Bonchev–Trinajstić information content (AvgIpc) is 2.94. The molecular weight excluding hydrogens is 264 g/mol. The van der Waals surface area contributed by atoms with Crippen LogP contribution in [0.5, 0.6) is 0 Å². The highest BCUT2D eigenvalue weighted by molar-refractivity contribution is 5.78. The molecule has 2 rings (SSSR count). The zero-order chi connectivity index (χ0) is 15.2. The largest absolute Gasteiger partial charge is 0.348 e. The van der Waals surface area contributed by atoms with Gasteiger partial charge in [-0.25, -0.2) is 0 Å². The first-order valence-electron chi connectivity index (χ1n) is 7.74. The van der Waals surface area contributed by atoms with Gasteiger partial charge in [0.15, 0.2) is 0 Å². The van der Waals surface area contributed by atoms with E-state index in [9.17, 15) is 4.79 Å². The van der Waals surface area contributed by atoms with Crippen molar-refractivity contribution >= 4 is 11.5 Å². The highest BCUT2D eigenvalue weighted by Crippen LogP contribution is 2.21. The number of rotatable bonds is 6. The summed E-state index contributed by atoms with van der Waals surface area (Å²) in [5, 5.41) is 4.42. The molecule has 1 aromatic rings. The Hall–Kier alpha value is -1.62. The maximum Gasteiger partial charge on any atom is 0.236 e. The van der Waals surface area contributed by atoms with Crippen LogP contribution in [0.25, 0.3) is 5.57 Å². The maximum atomic E-state index is 11.7. The van der Waals surface area contributed by atoms with Gasteiger partial charge in [-0.05, 0) is 18.4 Å². The fourth-order valence-corrected chi connectivity index (χ4v) is 2.42. The maximum absolute atomic E-state index is 11.7. The normalized spacial score (nSPS) is 15.9. The van der Waals surface area contributed by atoms with Crippen LogP contribution >= 0.6 is 0 Å². The first-order chi connectivity index (χ1) is 10.1. The van der Waals surface area contributed by atoms with Gasteiger partial charge < -0.3 is 4.90 Å². The van der Waals surface area contributed by atoms with Crippen molar-refractivity contribution in [3.8, 4) is 0 Å². The van der Waals surface area contributed by atoms with Gasteiger partial charge in [-0.2, -0.15) is 5.10 Å². The number of hydrogen-bond acceptors (Lipinski definition) is 3. The van der Waals surface area contributed by atoms with Crippen molar-refractivity contribution in [2.24, 2.45) is 0 Å². The number of carbonyl (C=O) groups is 1. The van der Waals surface area contributed by atoms with E-state index < -0.39 is 0 Å². The van der Waals surface area contributed by atoms with Gasteiger partial charge in [0, 0.05) is 45.5 Å². The molecule has 5 heteroatoms. The van der Waals surface area contributed by atoms with Gasteiger partial charge in [-0.15, -0.1) is 0 Å². The Morgan fingerprint density at radius 3 is 2.86 bits per heavy atom. The highest BCUT2D eigenvalue weighted by atomic mass is 16.2. The van der Waals surface area contributed by atoms with Crippen molar-refractivity contribution in [3.05, 3.63) is 24.0 Å². The Labute approximate surface area is 127 Å². The summed E-state index contributed by atoms with van der Waals surface area (Å²) in [5.41, 5.74) is 2.58. The van der Waals surface area contributed by atoms with Crippen molar-refractivity contribution in [1.29, 1.82) is 0 Å². The molecule has 1 aromatic heterocycles. The molecule has 1 aliphatic heterocycles. The van der Waals surface area contributed by atoms with Crippen molar-refractivity contribution in [1.82, 2.24) is 19.6 Å². The third-order valence-electron chi connectivity index (χ3n) is 3.90. The van der Waals surface area contributed by atoms with Crippen molar-refractivity contribution < 1.29 is 4.79 Å². The van der Waals surface area contributed by atoms with Crippen molar-refractivity contribution in [2.45, 2.75) is 32.7 Å². The summed E-state index contributed by atoms with van der Waals surface area (Å²) in [6.45, 7) is 5.47. The molecular formula is C16H26N4O. The summed E-state index contributed by atoms with van der Waals surface area (Å²) in [5.74, 6) is 0.166. The molecule has 0 radical (unpaired) electrons. The summed E-state index contributed by atoms with van der Waals surface area (Å²) in [6, 6.07) is 0. The fourth-order valence-electron chi connectivity index (χ4n) is 2.42. The summed E-state index contributed by atoms with van der Waals surface area (Å²) >= 11 is 0. The predicted molar refractivity (Wildman–Crippen MR) is 84.9 cm³/mol. The number of aryl methyl sites for hydroxylation is 1. The minimum Gasteiger partial charge on any atom is -0.348 e. The first kappa shape index (κ1) is 15.8. The van der Waals surface area contributed by atoms with Gasteiger partial charge in [0.1, 0.15) is 0 Å². The number of aromatic nitrogens is 2. The molecule has 0 bridgehead atoms. The van der Waals surface area contributed by atoms with E-state index in [1.807, 2.05) is 10.9 Å². The van der Waals surface area contributed by atoms with E-state index in [0.29, 0.717) is 6.54 Å². The van der Waals surface area contributed by atoms with Crippen molar-refractivity contribution in [3.63, 3.8) is 0 Å². The lowest BCUT2D eigenvalue weighted by molar-refractivity contribution is -0.129. The van der Waals surface area contributed by atoms with E-state index >= 15 is 0 Å². The van der Waals surface area contributed by atoms with E-state index in [4.69, 9.17) is 0 Å². The van der Waals surface area contributed by atoms with Gasteiger partial charge in [-0.1, -0.05) is 19.4 Å². The molecule has 0 atom stereocenters. The summed E-state index contributed by atoms with van der Waals surface area (Å²) in [7, 11) is 3.61. The smallest absolute Gasteiger partial charge is 0.236 e. The van der Waals surface area contributed by atoms with Crippen LogP contribution < -0.4 is 0 Å². The third kappa shape index (κ3) is 4.43. The number of hydrogen-bond donors (Lipinski definition) is 0. The second-order valence-electron chi connectivity index (χ2n) is 5.85. The molecule has 5 nitrogen and oxygen atoms in total. The molecule has 0 saturated carbocycles. The monoisotopic (exact) mass is 290 g/mol. The second-order valence-corrected chi connectivity index (χ2v) is 5.85. The van der Waals surface area contributed by atoms with Crippen LogP contribution in [-0.4, -0.2) is 59.2 Å². The quantitative estimate of drug-likeness (QED) is 0.803. The highest BCUT2D eigenvalue weighted by Gasteiger charge is 2.17. The van der Waals surface area contributed by atoms with E-state index in [1.165, 1.54) is 24.0 Å². The zero-order valence-electron chi connectivity index (χ0n) is 13.4. The first-order valence-corrected chi connectivity index (χ1v) is 7.74. The minimum absolute atomic E-state index is 0.166. The van der Waals surface area contributed by atoms with Crippen LogP contribution in [0.4, 0.5) is 0 Å². The lowest BCUT2D eigenvalue weighted by atomic mass is 10.0. The number of amides is 1. The van der Waals surface area contributed by atoms with E-state index in [1.54, 1.807) is 19.0 Å². The summed E-state index contributed by atoms with van der Waals surface area (Å²) in [4.78, 5) is 15.6. The molecule has 0 spiro atoms. The third-order valence-corrected chi connectivity index (χ3v) is 3.90. The number of likely N-dealkylation sites (N-methyl/N-ethyl adjacent to an activating group) is 1. The molecule has 1 aliphatic rings. The summed E-state index contributed by atoms with van der Waals surface area (Å²) in [6.07, 6.45) is 9.67. The van der Waals surface area contributed by atoms with E-state index in [2.05, 4.69) is 29.2 Å². The van der Waals surface area contributed by atoms with Gasteiger partial charge in [0.05, 0.1) is 12.7 Å². The van der Waals surface area contributed by atoms with Gasteiger partial charge in [0.25, 0.3) is 0 Å². The van der Waals surface area contributed by atoms with Crippen LogP contribution in [0.2, 0.25) is 0 Å².